The summed E-state index contributed by atoms with van der Waals surface area (Å²) in [6, 6.07) is 6.69. The maximum absolute atomic E-state index is 12.2. The molecule has 0 aliphatic rings. The van der Waals surface area contributed by atoms with Gasteiger partial charge in [-0.05, 0) is 37.1 Å². The van der Waals surface area contributed by atoms with Crippen LogP contribution >= 0.6 is 11.3 Å². The zero-order chi connectivity index (χ0) is 16.8. The fourth-order valence-electron chi connectivity index (χ4n) is 2.17. The van der Waals surface area contributed by atoms with Crippen molar-refractivity contribution in [3.63, 3.8) is 0 Å². The molecule has 0 atom stereocenters. The van der Waals surface area contributed by atoms with Crippen LogP contribution in [0.5, 0.6) is 0 Å². The van der Waals surface area contributed by atoms with Gasteiger partial charge in [0.15, 0.2) is 0 Å². The summed E-state index contributed by atoms with van der Waals surface area (Å²) in [5.74, 6) is -0.00768. The van der Waals surface area contributed by atoms with Crippen LogP contribution in [-0.2, 0) is 4.79 Å². The van der Waals surface area contributed by atoms with E-state index in [0.29, 0.717) is 22.3 Å². The smallest absolute Gasteiger partial charge is 0.257 e. The summed E-state index contributed by atoms with van der Waals surface area (Å²) < 4.78 is 0. The van der Waals surface area contributed by atoms with Gasteiger partial charge in [-0.15, -0.1) is 10.2 Å². The van der Waals surface area contributed by atoms with Crippen LogP contribution in [0.2, 0.25) is 0 Å². The van der Waals surface area contributed by atoms with E-state index in [0.717, 1.165) is 17.8 Å². The standard InChI is InChI=1S/C16H20N4O2S/c1-4-11(5-2)15-19-20-16(23-15)18-14(22)12-6-8-13(9-7-12)17-10(3)21/h6-9,11H,4-5H2,1-3H3,(H,17,21)(H,18,20,22). The second-order valence-electron chi connectivity index (χ2n) is 5.17. The Morgan fingerprint density at radius 3 is 2.30 bits per heavy atom. The highest BCUT2D eigenvalue weighted by molar-refractivity contribution is 7.15. The molecule has 0 bridgehead atoms. The third-order valence-electron chi connectivity index (χ3n) is 3.46. The van der Waals surface area contributed by atoms with Gasteiger partial charge in [0.05, 0.1) is 0 Å². The lowest BCUT2D eigenvalue weighted by molar-refractivity contribution is -0.114. The average molecular weight is 332 g/mol. The predicted molar refractivity (Wildman–Crippen MR) is 91.9 cm³/mol. The molecule has 23 heavy (non-hydrogen) atoms. The highest BCUT2D eigenvalue weighted by Gasteiger charge is 2.15. The van der Waals surface area contributed by atoms with Gasteiger partial charge in [0.25, 0.3) is 5.91 Å². The van der Waals surface area contributed by atoms with E-state index in [9.17, 15) is 9.59 Å². The van der Waals surface area contributed by atoms with E-state index in [2.05, 4.69) is 34.7 Å². The molecule has 0 unspecified atom stereocenters. The molecule has 0 saturated heterocycles. The van der Waals surface area contributed by atoms with Crippen molar-refractivity contribution in [1.29, 1.82) is 0 Å². The largest absolute Gasteiger partial charge is 0.326 e. The Labute approximate surface area is 139 Å². The third kappa shape index (κ3) is 4.59. The first-order chi connectivity index (χ1) is 11.0. The van der Waals surface area contributed by atoms with Crippen LogP contribution in [-0.4, -0.2) is 22.0 Å². The van der Waals surface area contributed by atoms with E-state index < -0.39 is 0 Å². The van der Waals surface area contributed by atoms with Crippen molar-refractivity contribution in [2.45, 2.75) is 39.5 Å². The van der Waals surface area contributed by atoms with Crippen LogP contribution in [0.15, 0.2) is 24.3 Å². The molecular formula is C16H20N4O2S. The third-order valence-corrected chi connectivity index (χ3v) is 4.46. The minimum absolute atomic E-state index is 0.148. The second kappa shape index (κ2) is 7.82. The number of nitrogens with zero attached hydrogens (tertiary/aromatic N) is 2. The maximum Gasteiger partial charge on any atom is 0.257 e. The summed E-state index contributed by atoms with van der Waals surface area (Å²) in [5.41, 5.74) is 1.15. The number of nitrogens with one attached hydrogen (secondary N) is 2. The van der Waals surface area contributed by atoms with Crippen molar-refractivity contribution >= 4 is 34.0 Å². The minimum atomic E-state index is -0.244. The van der Waals surface area contributed by atoms with Gasteiger partial charge in [-0.1, -0.05) is 25.2 Å². The van der Waals surface area contributed by atoms with Crippen LogP contribution in [0.1, 0.15) is 54.9 Å². The van der Waals surface area contributed by atoms with Gasteiger partial charge in [0.1, 0.15) is 5.01 Å². The van der Waals surface area contributed by atoms with Crippen LogP contribution in [0, 0.1) is 0 Å². The Hall–Kier alpha value is -2.28. The van der Waals surface area contributed by atoms with Gasteiger partial charge < -0.3 is 5.32 Å². The number of rotatable bonds is 6. The van der Waals surface area contributed by atoms with Crippen LogP contribution in [0.3, 0.4) is 0 Å². The molecule has 1 heterocycles. The summed E-state index contributed by atoms with van der Waals surface area (Å²) in [4.78, 5) is 23.2. The Morgan fingerprint density at radius 2 is 1.74 bits per heavy atom. The molecule has 0 aliphatic carbocycles. The second-order valence-corrected chi connectivity index (χ2v) is 6.18. The zero-order valence-electron chi connectivity index (χ0n) is 13.4. The Bertz CT molecular complexity index is 678. The van der Waals surface area contributed by atoms with Gasteiger partial charge in [0, 0.05) is 24.1 Å². The molecule has 2 N–H and O–H groups in total. The molecular weight excluding hydrogens is 312 g/mol. The van der Waals surface area contributed by atoms with E-state index in [1.54, 1.807) is 24.3 Å². The number of amides is 2. The SMILES string of the molecule is CCC(CC)c1nnc(NC(=O)c2ccc(NC(C)=O)cc2)s1. The molecule has 0 aliphatic heterocycles. The van der Waals surface area contributed by atoms with Gasteiger partial charge in [-0.25, -0.2) is 0 Å². The van der Waals surface area contributed by atoms with E-state index in [-0.39, 0.29) is 11.8 Å². The van der Waals surface area contributed by atoms with Crippen molar-refractivity contribution in [2.75, 3.05) is 10.6 Å². The highest BCUT2D eigenvalue weighted by atomic mass is 32.1. The molecule has 1 aromatic carbocycles. The normalized spacial score (nSPS) is 10.6. The summed E-state index contributed by atoms with van der Waals surface area (Å²) in [6.45, 7) is 5.67. The monoisotopic (exact) mass is 332 g/mol. The molecule has 0 saturated carbocycles. The maximum atomic E-state index is 12.2. The lowest BCUT2D eigenvalue weighted by atomic mass is 10.1. The van der Waals surface area contributed by atoms with Crippen molar-refractivity contribution in [2.24, 2.45) is 0 Å². The lowest BCUT2D eigenvalue weighted by Crippen LogP contribution is -2.12. The van der Waals surface area contributed by atoms with Gasteiger partial charge in [-0.2, -0.15) is 0 Å². The van der Waals surface area contributed by atoms with Gasteiger partial charge >= 0.3 is 0 Å². The number of anilines is 2. The minimum Gasteiger partial charge on any atom is -0.326 e. The van der Waals surface area contributed by atoms with Crippen LogP contribution < -0.4 is 10.6 Å². The number of aromatic nitrogens is 2. The average Bonchev–Trinajstić information content (AvgIpc) is 2.97. The molecule has 0 radical (unpaired) electrons. The number of benzene rings is 1. The molecule has 0 fully saturated rings. The summed E-state index contributed by atoms with van der Waals surface area (Å²) in [6.07, 6.45) is 2.01. The Kier molecular flexibility index (Phi) is 5.81. The van der Waals surface area contributed by atoms with Crippen molar-refractivity contribution in [3.8, 4) is 0 Å². The van der Waals surface area contributed by atoms with Crippen LogP contribution in [0.25, 0.3) is 0 Å². The van der Waals surface area contributed by atoms with Gasteiger partial charge in [0.2, 0.25) is 11.0 Å². The molecule has 6 nitrogen and oxygen atoms in total. The lowest BCUT2D eigenvalue weighted by Gasteiger charge is -2.06. The summed E-state index contributed by atoms with van der Waals surface area (Å²) in [5, 5.41) is 15.1. The molecule has 2 aromatic rings. The molecule has 122 valence electrons. The topological polar surface area (TPSA) is 84.0 Å². The molecule has 2 rings (SSSR count). The first-order valence-corrected chi connectivity index (χ1v) is 8.37. The van der Waals surface area contributed by atoms with E-state index in [4.69, 9.17) is 0 Å². The molecule has 2 amide bonds. The highest BCUT2D eigenvalue weighted by Crippen LogP contribution is 2.28. The predicted octanol–water partition coefficient (Wildman–Crippen LogP) is 3.65. The van der Waals surface area contributed by atoms with Crippen molar-refractivity contribution < 1.29 is 9.59 Å². The summed E-state index contributed by atoms with van der Waals surface area (Å²) in [7, 11) is 0. The fraction of sp³-hybridized carbons (Fsp3) is 0.375. The van der Waals surface area contributed by atoms with Gasteiger partial charge in [-0.3, -0.25) is 14.9 Å². The van der Waals surface area contributed by atoms with E-state index in [1.807, 2.05) is 0 Å². The number of carbonyl (C=O) groups excluding carboxylic acids is 2. The molecule has 0 spiro atoms. The van der Waals surface area contributed by atoms with Crippen LogP contribution in [0.4, 0.5) is 10.8 Å². The first kappa shape index (κ1) is 17.1. The Morgan fingerprint density at radius 1 is 1.09 bits per heavy atom. The van der Waals surface area contributed by atoms with Crippen molar-refractivity contribution in [3.05, 3.63) is 34.8 Å². The zero-order valence-corrected chi connectivity index (χ0v) is 14.2. The number of hydrogen-bond donors (Lipinski definition) is 2. The fourth-order valence-corrected chi connectivity index (χ4v) is 3.17. The summed E-state index contributed by atoms with van der Waals surface area (Å²) >= 11 is 1.41. The first-order valence-electron chi connectivity index (χ1n) is 7.55. The quantitative estimate of drug-likeness (QED) is 0.845. The number of carbonyl (C=O) groups is 2. The van der Waals surface area contributed by atoms with E-state index in [1.165, 1.54) is 18.3 Å². The molecule has 7 heteroatoms. The number of hydrogen-bond acceptors (Lipinski definition) is 5. The van der Waals surface area contributed by atoms with Crippen molar-refractivity contribution in [1.82, 2.24) is 10.2 Å². The molecule has 1 aromatic heterocycles. The Balaban J connectivity index is 2.03. The van der Waals surface area contributed by atoms with E-state index >= 15 is 0 Å².